The molecule has 3 N–H and O–H groups in total. The number of fused-ring (bicyclic) bond motifs is 1. The number of H-pyrrole nitrogens is 1. The number of aromatic amines is 1. The summed E-state index contributed by atoms with van der Waals surface area (Å²) in [5.41, 5.74) is 6.27. The van der Waals surface area contributed by atoms with E-state index in [0.29, 0.717) is 11.3 Å². The van der Waals surface area contributed by atoms with Gasteiger partial charge >= 0.3 is 0 Å². The number of halogens is 2. The van der Waals surface area contributed by atoms with Crippen molar-refractivity contribution < 1.29 is 8.78 Å². The van der Waals surface area contributed by atoms with Crippen LogP contribution in [0.15, 0.2) is 12.1 Å². The van der Waals surface area contributed by atoms with Gasteiger partial charge in [0, 0.05) is 6.07 Å². The summed E-state index contributed by atoms with van der Waals surface area (Å²) in [5.74, 6) is -0.838. The Morgan fingerprint density at radius 3 is 2.53 bits per heavy atom. The molecule has 5 heteroatoms. The lowest BCUT2D eigenvalue weighted by Gasteiger charge is -2.24. The third kappa shape index (κ3) is 2.15. The Bertz CT molecular complexity index is 555. The Labute approximate surface area is 98.0 Å². The number of imidazole rings is 1. The van der Waals surface area contributed by atoms with E-state index in [1.54, 1.807) is 0 Å². The Kier molecular flexibility index (Phi) is 2.66. The van der Waals surface area contributed by atoms with Gasteiger partial charge in [-0.3, -0.25) is 0 Å². The first-order valence-corrected chi connectivity index (χ1v) is 5.39. The van der Waals surface area contributed by atoms with E-state index in [2.05, 4.69) is 9.97 Å². The van der Waals surface area contributed by atoms with Gasteiger partial charge in [0.1, 0.15) is 17.2 Å². The molecule has 1 aromatic carbocycles. The second-order valence-electron chi connectivity index (χ2n) is 5.25. The largest absolute Gasteiger partial charge is 0.340 e. The standard InChI is InChI=1S/C12H15F2N3/c1-12(2,3)10(15)11-16-8-5-6(13)4-7(14)9(8)17-11/h4-5,10H,15H2,1-3H3,(H,16,17). The number of benzene rings is 1. The summed E-state index contributed by atoms with van der Waals surface area (Å²) in [4.78, 5) is 6.96. The molecule has 0 bridgehead atoms. The van der Waals surface area contributed by atoms with Crippen molar-refractivity contribution in [2.24, 2.45) is 11.1 Å². The van der Waals surface area contributed by atoms with Crippen LogP contribution in [-0.2, 0) is 0 Å². The lowest BCUT2D eigenvalue weighted by molar-refractivity contribution is 0.317. The number of rotatable bonds is 1. The van der Waals surface area contributed by atoms with Crippen LogP contribution in [0.4, 0.5) is 8.78 Å². The highest BCUT2D eigenvalue weighted by Gasteiger charge is 2.25. The molecule has 0 radical (unpaired) electrons. The zero-order valence-electron chi connectivity index (χ0n) is 10.0. The predicted octanol–water partition coefficient (Wildman–Crippen LogP) is 2.89. The first-order chi connectivity index (χ1) is 7.79. The number of nitrogens with zero attached hydrogens (tertiary/aromatic N) is 1. The molecule has 3 nitrogen and oxygen atoms in total. The van der Waals surface area contributed by atoms with E-state index in [-0.39, 0.29) is 17.0 Å². The van der Waals surface area contributed by atoms with Crippen LogP contribution in [0.2, 0.25) is 0 Å². The Balaban J connectivity index is 2.56. The zero-order chi connectivity index (χ0) is 12.8. The molecule has 0 saturated heterocycles. The minimum absolute atomic E-state index is 0.126. The minimum atomic E-state index is -0.677. The van der Waals surface area contributed by atoms with Crippen LogP contribution in [0.3, 0.4) is 0 Å². The molecule has 2 rings (SSSR count). The van der Waals surface area contributed by atoms with Crippen LogP contribution in [0.5, 0.6) is 0 Å². The maximum absolute atomic E-state index is 13.5. The van der Waals surface area contributed by atoms with Gasteiger partial charge in [0.15, 0.2) is 5.82 Å². The summed E-state index contributed by atoms with van der Waals surface area (Å²) in [5, 5.41) is 0. The van der Waals surface area contributed by atoms with Crippen LogP contribution in [0.25, 0.3) is 11.0 Å². The van der Waals surface area contributed by atoms with E-state index < -0.39 is 11.6 Å². The summed E-state index contributed by atoms with van der Waals surface area (Å²) in [7, 11) is 0. The number of hydrogen-bond acceptors (Lipinski definition) is 2. The molecule has 1 atom stereocenters. The molecule has 17 heavy (non-hydrogen) atoms. The minimum Gasteiger partial charge on any atom is -0.340 e. The summed E-state index contributed by atoms with van der Waals surface area (Å²) >= 11 is 0. The van der Waals surface area contributed by atoms with E-state index in [4.69, 9.17) is 5.73 Å². The zero-order valence-corrected chi connectivity index (χ0v) is 10.0. The van der Waals surface area contributed by atoms with Crippen molar-refractivity contribution in [2.75, 3.05) is 0 Å². The van der Waals surface area contributed by atoms with Crippen molar-refractivity contribution in [1.82, 2.24) is 9.97 Å². The van der Waals surface area contributed by atoms with Crippen molar-refractivity contribution >= 4 is 11.0 Å². The third-order valence-corrected chi connectivity index (χ3v) is 2.75. The van der Waals surface area contributed by atoms with E-state index >= 15 is 0 Å². The van der Waals surface area contributed by atoms with Crippen molar-refractivity contribution in [3.8, 4) is 0 Å². The molecule has 1 unspecified atom stereocenters. The van der Waals surface area contributed by atoms with Gasteiger partial charge in [0.05, 0.1) is 11.6 Å². The fraction of sp³-hybridized carbons (Fsp3) is 0.417. The first-order valence-electron chi connectivity index (χ1n) is 5.39. The van der Waals surface area contributed by atoms with E-state index in [9.17, 15) is 8.78 Å². The van der Waals surface area contributed by atoms with Gasteiger partial charge in [0.25, 0.3) is 0 Å². The van der Waals surface area contributed by atoms with Crippen molar-refractivity contribution in [3.63, 3.8) is 0 Å². The van der Waals surface area contributed by atoms with Crippen LogP contribution < -0.4 is 5.73 Å². The van der Waals surface area contributed by atoms with Gasteiger partial charge in [0.2, 0.25) is 0 Å². The van der Waals surface area contributed by atoms with E-state index in [0.717, 1.165) is 6.07 Å². The summed E-state index contributed by atoms with van der Waals surface area (Å²) in [6, 6.07) is 1.66. The third-order valence-electron chi connectivity index (χ3n) is 2.75. The summed E-state index contributed by atoms with van der Waals surface area (Å²) in [6.07, 6.45) is 0. The molecule has 0 fully saturated rings. The van der Waals surface area contributed by atoms with Gasteiger partial charge in [-0.2, -0.15) is 0 Å². The van der Waals surface area contributed by atoms with Crippen LogP contribution in [0, 0.1) is 17.0 Å². The van der Waals surface area contributed by atoms with E-state index in [1.165, 1.54) is 6.07 Å². The maximum Gasteiger partial charge on any atom is 0.153 e. The molecule has 0 aliphatic rings. The quantitative estimate of drug-likeness (QED) is 0.804. The lowest BCUT2D eigenvalue weighted by Crippen LogP contribution is -2.27. The molecule has 1 aromatic heterocycles. The molecule has 0 saturated carbocycles. The summed E-state index contributed by atoms with van der Waals surface area (Å²) in [6.45, 7) is 5.88. The molecular weight excluding hydrogens is 224 g/mol. The highest BCUT2D eigenvalue weighted by atomic mass is 19.1. The summed E-state index contributed by atoms with van der Waals surface area (Å²) < 4.78 is 26.5. The van der Waals surface area contributed by atoms with Gasteiger partial charge < -0.3 is 10.7 Å². The fourth-order valence-electron chi connectivity index (χ4n) is 1.62. The highest BCUT2D eigenvalue weighted by Crippen LogP contribution is 2.30. The average Bonchev–Trinajstić information content (AvgIpc) is 2.58. The van der Waals surface area contributed by atoms with Crippen LogP contribution in [-0.4, -0.2) is 9.97 Å². The van der Waals surface area contributed by atoms with Gasteiger partial charge in [-0.15, -0.1) is 0 Å². The fourth-order valence-corrected chi connectivity index (χ4v) is 1.62. The van der Waals surface area contributed by atoms with Gasteiger partial charge in [-0.25, -0.2) is 13.8 Å². The number of nitrogens with two attached hydrogens (primary N) is 1. The topological polar surface area (TPSA) is 54.7 Å². The smallest absolute Gasteiger partial charge is 0.153 e. The molecule has 0 amide bonds. The predicted molar refractivity (Wildman–Crippen MR) is 62.4 cm³/mol. The van der Waals surface area contributed by atoms with Gasteiger partial charge in [-0.05, 0) is 11.5 Å². The lowest BCUT2D eigenvalue weighted by atomic mass is 9.87. The molecule has 0 aliphatic carbocycles. The van der Waals surface area contributed by atoms with Crippen molar-refractivity contribution in [3.05, 3.63) is 29.6 Å². The normalized spacial score (nSPS) is 14.2. The van der Waals surface area contributed by atoms with Crippen molar-refractivity contribution in [2.45, 2.75) is 26.8 Å². The number of nitrogens with one attached hydrogen (secondary N) is 1. The molecule has 2 aromatic rings. The molecule has 0 spiro atoms. The monoisotopic (exact) mass is 239 g/mol. The maximum atomic E-state index is 13.5. The molecule has 92 valence electrons. The van der Waals surface area contributed by atoms with Gasteiger partial charge in [-0.1, -0.05) is 20.8 Å². The van der Waals surface area contributed by atoms with E-state index in [1.807, 2.05) is 20.8 Å². The number of aromatic nitrogens is 2. The van der Waals surface area contributed by atoms with Crippen molar-refractivity contribution in [1.29, 1.82) is 0 Å². The van der Waals surface area contributed by atoms with Crippen LogP contribution >= 0.6 is 0 Å². The highest BCUT2D eigenvalue weighted by molar-refractivity contribution is 5.75. The van der Waals surface area contributed by atoms with Crippen LogP contribution in [0.1, 0.15) is 32.6 Å². The number of hydrogen-bond donors (Lipinski definition) is 2. The molecule has 0 aliphatic heterocycles. The molecule has 1 heterocycles. The Morgan fingerprint density at radius 2 is 1.94 bits per heavy atom. The first kappa shape index (κ1) is 12.0. The Morgan fingerprint density at radius 1 is 1.29 bits per heavy atom. The molecular formula is C12H15F2N3. The average molecular weight is 239 g/mol. The second kappa shape index (κ2) is 3.77. The SMILES string of the molecule is CC(C)(C)C(N)c1nc2c(F)cc(F)cc2[nH]1. The second-order valence-corrected chi connectivity index (χ2v) is 5.25. The Hall–Kier alpha value is -1.49.